The smallest absolute Gasteiger partial charge is 0.322 e. The molecule has 0 bridgehead atoms. The predicted molar refractivity (Wildman–Crippen MR) is 82.3 cm³/mol. The summed E-state index contributed by atoms with van der Waals surface area (Å²) in [5.74, 6) is 0.0424. The molecular formula is C15H17N5O3. The third kappa shape index (κ3) is 2.87. The summed E-state index contributed by atoms with van der Waals surface area (Å²) in [6.07, 6.45) is -0.0714. The Labute approximate surface area is 132 Å². The van der Waals surface area contributed by atoms with Crippen LogP contribution in [0.15, 0.2) is 24.3 Å². The van der Waals surface area contributed by atoms with Crippen molar-refractivity contribution in [3.63, 3.8) is 0 Å². The molecular weight excluding hydrogens is 298 g/mol. The van der Waals surface area contributed by atoms with E-state index in [0.717, 1.165) is 16.9 Å². The summed E-state index contributed by atoms with van der Waals surface area (Å²) in [6, 6.07) is 6.36. The van der Waals surface area contributed by atoms with Gasteiger partial charge in [0.2, 0.25) is 5.91 Å². The highest BCUT2D eigenvalue weighted by Crippen LogP contribution is 2.15. The van der Waals surface area contributed by atoms with E-state index in [1.165, 1.54) is 4.90 Å². The van der Waals surface area contributed by atoms with Crippen LogP contribution in [0.5, 0.6) is 0 Å². The number of imide groups is 1. The highest BCUT2D eigenvalue weighted by Gasteiger charge is 2.32. The van der Waals surface area contributed by atoms with E-state index in [4.69, 9.17) is 0 Å². The molecule has 1 aliphatic rings. The van der Waals surface area contributed by atoms with E-state index >= 15 is 0 Å². The molecule has 1 saturated heterocycles. The summed E-state index contributed by atoms with van der Waals surface area (Å²) in [4.78, 5) is 40.8. The van der Waals surface area contributed by atoms with E-state index in [2.05, 4.69) is 15.6 Å². The third-order valence-corrected chi connectivity index (χ3v) is 3.92. The molecule has 1 aliphatic heterocycles. The fourth-order valence-corrected chi connectivity index (χ4v) is 2.57. The van der Waals surface area contributed by atoms with Gasteiger partial charge in [-0.25, -0.2) is 9.78 Å². The fraction of sp³-hybridized carbons (Fsp3) is 0.333. The van der Waals surface area contributed by atoms with Crippen molar-refractivity contribution < 1.29 is 14.4 Å². The number of imidazole rings is 1. The van der Waals surface area contributed by atoms with Crippen molar-refractivity contribution in [2.24, 2.45) is 7.05 Å². The summed E-state index contributed by atoms with van der Waals surface area (Å²) >= 11 is 0. The number of aryl methyl sites for hydroxylation is 1. The summed E-state index contributed by atoms with van der Waals surface area (Å²) in [5.41, 5.74) is 1.86. The first-order valence-electron chi connectivity index (χ1n) is 7.21. The van der Waals surface area contributed by atoms with E-state index in [1.807, 2.05) is 35.9 Å². The van der Waals surface area contributed by atoms with Crippen LogP contribution in [0, 0.1) is 0 Å². The molecule has 0 radical (unpaired) electrons. The molecule has 2 aromatic rings. The topological polar surface area (TPSA) is 96.3 Å². The number of amides is 4. The molecule has 23 heavy (non-hydrogen) atoms. The lowest BCUT2D eigenvalue weighted by Crippen LogP contribution is -2.37. The minimum absolute atomic E-state index is 0.0714. The predicted octanol–water partition coefficient (Wildman–Crippen LogP) is 0.130. The molecule has 4 amide bonds. The van der Waals surface area contributed by atoms with Crippen LogP contribution in [0.25, 0.3) is 11.0 Å². The number of benzene rings is 1. The summed E-state index contributed by atoms with van der Waals surface area (Å²) in [5, 5.41) is 4.53. The standard InChI is InChI=1S/C15H17N5O3/c1-19(13(21)7-10-14(22)18-15(23)17-10)8-12-16-9-5-3-4-6-11(9)20(12)2/h3-6,10H,7-8H2,1-2H3,(H2,17,18,22,23)/t10-/m1/s1. The third-order valence-electron chi connectivity index (χ3n) is 3.92. The van der Waals surface area contributed by atoms with Gasteiger partial charge < -0.3 is 14.8 Å². The van der Waals surface area contributed by atoms with Gasteiger partial charge in [-0.05, 0) is 12.1 Å². The summed E-state index contributed by atoms with van der Waals surface area (Å²) in [6.45, 7) is 0.326. The van der Waals surface area contributed by atoms with Crippen molar-refractivity contribution in [1.29, 1.82) is 0 Å². The number of hydrogen-bond donors (Lipinski definition) is 2. The summed E-state index contributed by atoms with van der Waals surface area (Å²) in [7, 11) is 3.55. The molecule has 120 valence electrons. The van der Waals surface area contributed by atoms with Crippen LogP contribution in [-0.2, 0) is 23.2 Å². The van der Waals surface area contributed by atoms with Crippen molar-refractivity contribution in [3.05, 3.63) is 30.1 Å². The lowest BCUT2D eigenvalue weighted by Gasteiger charge is -2.18. The molecule has 0 unspecified atom stereocenters. The van der Waals surface area contributed by atoms with Gasteiger partial charge in [-0.1, -0.05) is 12.1 Å². The van der Waals surface area contributed by atoms with Crippen LogP contribution < -0.4 is 10.6 Å². The van der Waals surface area contributed by atoms with E-state index in [9.17, 15) is 14.4 Å². The molecule has 0 saturated carbocycles. The maximum atomic E-state index is 12.2. The molecule has 0 spiro atoms. The van der Waals surface area contributed by atoms with E-state index < -0.39 is 18.0 Å². The number of urea groups is 1. The van der Waals surface area contributed by atoms with Crippen LogP contribution in [0.4, 0.5) is 4.79 Å². The molecule has 3 rings (SSSR count). The van der Waals surface area contributed by atoms with E-state index in [0.29, 0.717) is 6.54 Å². The van der Waals surface area contributed by atoms with Crippen LogP contribution in [0.3, 0.4) is 0 Å². The zero-order valence-corrected chi connectivity index (χ0v) is 12.9. The van der Waals surface area contributed by atoms with Gasteiger partial charge in [0, 0.05) is 14.1 Å². The second-order valence-electron chi connectivity index (χ2n) is 5.54. The number of nitrogens with zero attached hydrogens (tertiary/aromatic N) is 3. The second kappa shape index (κ2) is 5.71. The minimum atomic E-state index is -0.808. The molecule has 8 heteroatoms. The highest BCUT2D eigenvalue weighted by atomic mass is 16.2. The number of hydrogen-bond acceptors (Lipinski definition) is 4. The molecule has 1 fully saturated rings. The van der Waals surface area contributed by atoms with Crippen molar-refractivity contribution in [2.75, 3.05) is 7.05 Å². The first kappa shape index (κ1) is 15.0. The van der Waals surface area contributed by atoms with Crippen LogP contribution in [0.2, 0.25) is 0 Å². The maximum Gasteiger partial charge on any atom is 0.322 e. The molecule has 1 atom stereocenters. The average Bonchev–Trinajstić information content (AvgIpc) is 2.99. The number of carbonyl (C=O) groups is 3. The number of rotatable bonds is 4. The first-order valence-corrected chi connectivity index (χ1v) is 7.21. The van der Waals surface area contributed by atoms with Gasteiger partial charge in [-0.3, -0.25) is 14.9 Å². The van der Waals surface area contributed by atoms with Crippen molar-refractivity contribution >= 4 is 28.9 Å². The monoisotopic (exact) mass is 315 g/mol. The number of fused-ring (bicyclic) bond motifs is 1. The van der Waals surface area contributed by atoms with Crippen LogP contribution in [0.1, 0.15) is 12.2 Å². The lowest BCUT2D eigenvalue weighted by atomic mass is 10.2. The van der Waals surface area contributed by atoms with Gasteiger partial charge in [0.05, 0.1) is 24.0 Å². The Morgan fingerprint density at radius 2 is 2.09 bits per heavy atom. The number of para-hydroxylation sites is 2. The molecule has 8 nitrogen and oxygen atoms in total. The van der Waals surface area contributed by atoms with Gasteiger partial charge >= 0.3 is 6.03 Å². The largest absolute Gasteiger partial charge is 0.338 e. The SMILES string of the molecule is CN(Cc1nc2ccccc2n1C)C(=O)C[C@H]1NC(=O)NC1=O. The fourth-order valence-electron chi connectivity index (χ4n) is 2.57. The molecule has 2 N–H and O–H groups in total. The first-order chi connectivity index (χ1) is 11.0. The van der Waals surface area contributed by atoms with Gasteiger partial charge in [0.1, 0.15) is 11.9 Å². The van der Waals surface area contributed by atoms with E-state index in [-0.39, 0.29) is 12.3 Å². The minimum Gasteiger partial charge on any atom is -0.338 e. The number of aromatic nitrogens is 2. The van der Waals surface area contributed by atoms with Gasteiger partial charge in [0.15, 0.2) is 0 Å². The Balaban J connectivity index is 1.69. The lowest BCUT2D eigenvalue weighted by molar-refractivity contribution is -0.133. The Kier molecular flexibility index (Phi) is 3.73. The zero-order valence-electron chi connectivity index (χ0n) is 12.9. The van der Waals surface area contributed by atoms with Crippen molar-refractivity contribution in [3.8, 4) is 0 Å². The van der Waals surface area contributed by atoms with Crippen molar-refractivity contribution in [2.45, 2.75) is 19.0 Å². The molecule has 0 aliphatic carbocycles. The normalized spacial score (nSPS) is 17.2. The Hall–Kier alpha value is -2.90. The highest BCUT2D eigenvalue weighted by molar-refractivity contribution is 6.05. The Morgan fingerprint density at radius 1 is 1.35 bits per heavy atom. The quantitative estimate of drug-likeness (QED) is 0.784. The number of carbonyl (C=O) groups excluding carboxylic acids is 3. The number of nitrogens with one attached hydrogen (secondary N) is 2. The van der Waals surface area contributed by atoms with Crippen LogP contribution >= 0.6 is 0 Å². The Bertz CT molecular complexity index is 798. The summed E-state index contributed by atoms with van der Waals surface area (Å²) < 4.78 is 1.93. The molecule has 1 aromatic heterocycles. The van der Waals surface area contributed by atoms with Gasteiger partial charge in [-0.15, -0.1) is 0 Å². The second-order valence-corrected chi connectivity index (χ2v) is 5.54. The zero-order chi connectivity index (χ0) is 16.6. The van der Waals surface area contributed by atoms with Crippen LogP contribution in [-0.4, -0.2) is 45.4 Å². The van der Waals surface area contributed by atoms with Gasteiger partial charge in [0.25, 0.3) is 5.91 Å². The maximum absolute atomic E-state index is 12.2. The molecule has 2 heterocycles. The molecule has 1 aromatic carbocycles. The van der Waals surface area contributed by atoms with Crippen molar-refractivity contribution in [1.82, 2.24) is 25.1 Å². The van der Waals surface area contributed by atoms with Gasteiger partial charge in [-0.2, -0.15) is 0 Å². The average molecular weight is 315 g/mol. The van der Waals surface area contributed by atoms with E-state index in [1.54, 1.807) is 7.05 Å². The Morgan fingerprint density at radius 3 is 2.74 bits per heavy atom.